The zero-order chi connectivity index (χ0) is 11.7. The average molecular weight is 225 g/mol. The summed E-state index contributed by atoms with van der Waals surface area (Å²) in [4.78, 5) is 13.9. The van der Waals surface area contributed by atoms with Crippen LogP contribution in [0.5, 0.6) is 0 Å². The van der Waals surface area contributed by atoms with Gasteiger partial charge in [0.15, 0.2) is 0 Å². The number of rotatable bonds is 2. The van der Waals surface area contributed by atoms with Crippen LogP contribution in [0.3, 0.4) is 0 Å². The molecule has 16 heavy (non-hydrogen) atoms. The number of hydrogen-bond donors (Lipinski definition) is 0. The summed E-state index contributed by atoms with van der Waals surface area (Å²) in [5, 5.41) is 0. The molecule has 1 heterocycles. The van der Waals surface area contributed by atoms with Gasteiger partial charge in [0, 0.05) is 12.6 Å². The van der Waals surface area contributed by atoms with Crippen LogP contribution in [0.15, 0.2) is 0 Å². The molecule has 0 bridgehead atoms. The summed E-state index contributed by atoms with van der Waals surface area (Å²) in [5.74, 6) is 1.53. The van der Waals surface area contributed by atoms with E-state index in [9.17, 15) is 4.79 Å². The van der Waals surface area contributed by atoms with Gasteiger partial charge in [-0.15, -0.1) is 0 Å². The van der Waals surface area contributed by atoms with Crippen LogP contribution in [0.4, 0.5) is 0 Å². The minimum absolute atomic E-state index is 0.0444. The number of ether oxygens (including phenoxy) is 1. The highest BCUT2D eigenvalue weighted by molar-refractivity contribution is 5.76. The fourth-order valence-corrected chi connectivity index (χ4v) is 3.34. The van der Waals surface area contributed by atoms with Crippen molar-refractivity contribution >= 4 is 5.97 Å². The average Bonchev–Trinajstić information content (AvgIpc) is 2.20. The van der Waals surface area contributed by atoms with E-state index in [4.69, 9.17) is 4.74 Å². The Hall–Kier alpha value is -0.570. The summed E-state index contributed by atoms with van der Waals surface area (Å²) in [6, 6.07) is 0.653. The van der Waals surface area contributed by atoms with Crippen LogP contribution in [0.2, 0.25) is 0 Å². The maximum Gasteiger partial charge on any atom is 0.323 e. The number of methoxy groups -OCH3 is 1. The Morgan fingerprint density at radius 2 is 2.00 bits per heavy atom. The highest BCUT2D eigenvalue weighted by Gasteiger charge is 2.42. The number of likely N-dealkylation sites (tertiary alicyclic amines) is 1. The molecule has 2 aliphatic rings. The molecular weight excluding hydrogens is 202 g/mol. The fourth-order valence-electron chi connectivity index (χ4n) is 3.34. The van der Waals surface area contributed by atoms with Crippen LogP contribution in [0, 0.1) is 11.8 Å². The standard InChI is InChI=1S/C13H23NO2/c1-9-4-5-11(10(2)8-9)14-7-6-12(14)13(15)16-3/h9-12H,4-8H2,1-3H3. The third kappa shape index (κ3) is 2.10. The molecule has 3 heteroatoms. The molecule has 0 N–H and O–H groups in total. The minimum Gasteiger partial charge on any atom is -0.468 e. The van der Waals surface area contributed by atoms with Crippen molar-refractivity contribution in [3.8, 4) is 0 Å². The largest absolute Gasteiger partial charge is 0.468 e. The second-order valence-electron chi connectivity index (χ2n) is 5.53. The summed E-state index contributed by atoms with van der Waals surface area (Å²) >= 11 is 0. The topological polar surface area (TPSA) is 29.5 Å². The monoisotopic (exact) mass is 225 g/mol. The molecule has 1 saturated heterocycles. The molecule has 92 valence electrons. The summed E-state index contributed by atoms with van der Waals surface area (Å²) in [6.45, 7) is 5.73. The SMILES string of the molecule is COC(=O)C1CCN1C1CCC(C)CC1C. The van der Waals surface area contributed by atoms with Crippen molar-refractivity contribution in [2.75, 3.05) is 13.7 Å². The van der Waals surface area contributed by atoms with Gasteiger partial charge in [0.25, 0.3) is 0 Å². The molecule has 1 aliphatic carbocycles. The number of esters is 1. The first-order valence-electron chi connectivity index (χ1n) is 6.47. The van der Waals surface area contributed by atoms with Crippen molar-refractivity contribution in [1.82, 2.24) is 4.90 Å². The molecule has 3 nitrogen and oxygen atoms in total. The van der Waals surface area contributed by atoms with Crippen molar-refractivity contribution in [3.63, 3.8) is 0 Å². The van der Waals surface area contributed by atoms with Crippen LogP contribution < -0.4 is 0 Å². The third-order valence-corrected chi connectivity index (χ3v) is 4.35. The third-order valence-electron chi connectivity index (χ3n) is 4.35. The van der Waals surface area contributed by atoms with Gasteiger partial charge < -0.3 is 4.74 Å². The number of carbonyl (C=O) groups excluding carboxylic acids is 1. The van der Waals surface area contributed by atoms with Gasteiger partial charge in [-0.1, -0.05) is 13.8 Å². The first-order chi connectivity index (χ1) is 7.63. The Bertz CT molecular complexity index is 267. The lowest BCUT2D eigenvalue weighted by molar-refractivity contribution is -0.155. The summed E-state index contributed by atoms with van der Waals surface area (Å²) in [7, 11) is 1.49. The van der Waals surface area contributed by atoms with Gasteiger partial charge in [-0.2, -0.15) is 0 Å². The quantitative estimate of drug-likeness (QED) is 0.674. The van der Waals surface area contributed by atoms with Crippen molar-refractivity contribution < 1.29 is 9.53 Å². The molecule has 2 fully saturated rings. The molecule has 0 amide bonds. The Labute approximate surface area is 98.1 Å². The lowest BCUT2D eigenvalue weighted by Crippen LogP contribution is -2.59. The smallest absolute Gasteiger partial charge is 0.323 e. The van der Waals surface area contributed by atoms with E-state index in [1.54, 1.807) is 0 Å². The van der Waals surface area contributed by atoms with E-state index >= 15 is 0 Å². The predicted molar refractivity (Wildman–Crippen MR) is 63.1 cm³/mol. The molecule has 1 saturated carbocycles. The van der Waals surface area contributed by atoms with Crippen LogP contribution >= 0.6 is 0 Å². The van der Waals surface area contributed by atoms with E-state index in [1.165, 1.54) is 26.4 Å². The van der Waals surface area contributed by atoms with Crippen LogP contribution in [0.25, 0.3) is 0 Å². The normalized spacial score (nSPS) is 40.2. The minimum atomic E-state index is -0.0444. The van der Waals surface area contributed by atoms with E-state index in [2.05, 4.69) is 18.7 Å². The van der Waals surface area contributed by atoms with Gasteiger partial charge in [-0.05, 0) is 37.5 Å². The van der Waals surface area contributed by atoms with Crippen molar-refractivity contribution in [3.05, 3.63) is 0 Å². The highest BCUT2D eigenvalue weighted by atomic mass is 16.5. The Morgan fingerprint density at radius 3 is 2.50 bits per heavy atom. The van der Waals surface area contributed by atoms with Gasteiger partial charge in [-0.3, -0.25) is 9.69 Å². The zero-order valence-corrected chi connectivity index (χ0v) is 10.6. The fraction of sp³-hybridized carbons (Fsp3) is 0.923. The molecular formula is C13H23NO2. The van der Waals surface area contributed by atoms with Gasteiger partial charge in [-0.25, -0.2) is 0 Å². The lowest BCUT2D eigenvalue weighted by atomic mass is 9.77. The van der Waals surface area contributed by atoms with Crippen molar-refractivity contribution in [2.24, 2.45) is 11.8 Å². The Balaban J connectivity index is 1.95. The first-order valence-corrected chi connectivity index (χ1v) is 6.47. The van der Waals surface area contributed by atoms with Gasteiger partial charge in [0.1, 0.15) is 6.04 Å². The Morgan fingerprint density at radius 1 is 1.25 bits per heavy atom. The van der Waals surface area contributed by atoms with E-state index < -0.39 is 0 Å². The maximum absolute atomic E-state index is 11.6. The second-order valence-corrected chi connectivity index (χ2v) is 5.53. The molecule has 2 rings (SSSR count). The van der Waals surface area contributed by atoms with E-state index in [-0.39, 0.29) is 12.0 Å². The Kier molecular flexibility index (Phi) is 3.53. The van der Waals surface area contributed by atoms with E-state index in [0.717, 1.165) is 24.8 Å². The molecule has 0 spiro atoms. The number of nitrogens with zero attached hydrogens (tertiary/aromatic N) is 1. The maximum atomic E-state index is 11.6. The van der Waals surface area contributed by atoms with Crippen LogP contribution in [0.1, 0.15) is 39.5 Å². The van der Waals surface area contributed by atoms with Crippen LogP contribution in [-0.4, -0.2) is 36.6 Å². The van der Waals surface area contributed by atoms with Gasteiger partial charge >= 0.3 is 5.97 Å². The molecule has 0 radical (unpaired) electrons. The van der Waals surface area contributed by atoms with Gasteiger partial charge in [0.05, 0.1) is 7.11 Å². The second kappa shape index (κ2) is 4.74. The van der Waals surface area contributed by atoms with E-state index in [1.807, 2.05) is 0 Å². The molecule has 1 aliphatic heterocycles. The zero-order valence-electron chi connectivity index (χ0n) is 10.6. The molecule has 0 aromatic carbocycles. The first kappa shape index (κ1) is 11.9. The molecule has 4 atom stereocenters. The number of carbonyl (C=O) groups is 1. The summed E-state index contributed by atoms with van der Waals surface area (Å²) < 4.78 is 4.85. The highest BCUT2D eigenvalue weighted by Crippen LogP contribution is 2.36. The molecule has 0 aromatic heterocycles. The molecule has 4 unspecified atom stereocenters. The number of hydrogen-bond acceptors (Lipinski definition) is 3. The predicted octanol–water partition coefficient (Wildman–Crippen LogP) is 2.06. The lowest BCUT2D eigenvalue weighted by Gasteiger charge is -2.49. The molecule has 0 aromatic rings. The van der Waals surface area contributed by atoms with Gasteiger partial charge in [0.2, 0.25) is 0 Å². The summed E-state index contributed by atoms with van der Waals surface area (Å²) in [6.07, 6.45) is 4.83. The summed E-state index contributed by atoms with van der Waals surface area (Å²) in [5.41, 5.74) is 0. The van der Waals surface area contributed by atoms with Crippen LogP contribution in [-0.2, 0) is 9.53 Å². The van der Waals surface area contributed by atoms with Crippen molar-refractivity contribution in [1.29, 1.82) is 0 Å². The van der Waals surface area contributed by atoms with E-state index in [0.29, 0.717) is 6.04 Å². The van der Waals surface area contributed by atoms with Crippen molar-refractivity contribution in [2.45, 2.75) is 51.6 Å².